The first kappa shape index (κ1) is 12.8. The number of benzene rings is 1. The average molecular weight is 242 g/mol. The fraction of sp³-hybridized carbons (Fsp3) is 0.200. The van der Waals surface area contributed by atoms with Gasteiger partial charge in [-0.25, -0.2) is 9.59 Å². The van der Waals surface area contributed by atoms with Crippen LogP contribution in [0.1, 0.15) is 20.7 Å². The molecule has 0 saturated carbocycles. The van der Waals surface area contributed by atoms with E-state index in [1.807, 2.05) is 0 Å². The van der Waals surface area contributed by atoms with Crippen molar-refractivity contribution in [1.82, 2.24) is 0 Å². The molecule has 7 nitrogen and oxygen atoms in total. The van der Waals surface area contributed by atoms with Gasteiger partial charge in [-0.15, -0.1) is 0 Å². The van der Waals surface area contributed by atoms with Crippen molar-refractivity contribution in [2.24, 2.45) is 0 Å². The second kappa shape index (κ2) is 5.17. The molecule has 0 radical (unpaired) electrons. The number of carbonyl (C=O) groups is 2. The highest BCUT2D eigenvalue weighted by molar-refractivity contribution is 6.05. The molecular formula is C10H10O7. The summed E-state index contributed by atoms with van der Waals surface area (Å²) in [7, 11) is 0. The number of aliphatic hydroxyl groups excluding tert-OH is 1. The number of rotatable bonds is 4. The van der Waals surface area contributed by atoms with E-state index in [2.05, 4.69) is 4.74 Å². The number of aromatic carboxylic acids is 1. The normalized spacial score (nSPS) is 9.94. The number of ether oxygens (including phenoxy) is 1. The first-order chi connectivity index (χ1) is 7.99. The van der Waals surface area contributed by atoms with Crippen LogP contribution in [-0.4, -0.2) is 45.6 Å². The lowest BCUT2D eigenvalue weighted by Crippen LogP contribution is -2.13. The van der Waals surface area contributed by atoms with E-state index in [0.29, 0.717) is 0 Å². The molecule has 1 rings (SSSR count). The Morgan fingerprint density at radius 3 is 2.41 bits per heavy atom. The summed E-state index contributed by atoms with van der Waals surface area (Å²) < 4.78 is 4.52. The molecule has 0 aliphatic rings. The Kier molecular flexibility index (Phi) is 3.89. The van der Waals surface area contributed by atoms with Crippen LogP contribution in [0, 0.1) is 0 Å². The van der Waals surface area contributed by atoms with Gasteiger partial charge in [0.25, 0.3) is 0 Å². The SMILES string of the molecule is O=C(OCCO)c1ccc(O)c(O)c1C(=O)O. The number of carbonyl (C=O) groups excluding carboxylic acids is 1. The zero-order valence-corrected chi connectivity index (χ0v) is 8.58. The second-order valence-corrected chi connectivity index (χ2v) is 3.02. The van der Waals surface area contributed by atoms with Crippen molar-refractivity contribution in [3.8, 4) is 11.5 Å². The molecule has 1 aromatic rings. The molecule has 1 aromatic carbocycles. The van der Waals surface area contributed by atoms with Gasteiger partial charge >= 0.3 is 11.9 Å². The van der Waals surface area contributed by atoms with Gasteiger partial charge in [-0.1, -0.05) is 0 Å². The third-order valence-electron chi connectivity index (χ3n) is 1.91. The predicted octanol–water partition coefficient (Wildman–Crippen LogP) is -0.0549. The van der Waals surface area contributed by atoms with Gasteiger partial charge < -0.3 is 25.2 Å². The molecule has 0 unspecified atom stereocenters. The fourth-order valence-corrected chi connectivity index (χ4v) is 1.18. The van der Waals surface area contributed by atoms with Crippen LogP contribution in [0.15, 0.2) is 12.1 Å². The summed E-state index contributed by atoms with van der Waals surface area (Å²) in [5, 5.41) is 35.7. The molecule has 0 amide bonds. The lowest BCUT2D eigenvalue weighted by atomic mass is 10.1. The van der Waals surface area contributed by atoms with Gasteiger partial charge in [0.15, 0.2) is 11.5 Å². The van der Waals surface area contributed by atoms with Gasteiger partial charge in [0.05, 0.1) is 12.2 Å². The van der Waals surface area contributed by atoms with Crippen molar-refractivity contribution in [1.29, 1.82) is 0 Å². The van der Waals surface area contributed by atoms with Crippen LogP contribution in [0.3, 0.4) is 0 Å². The Morgan fingerprint density at radius 2 is 1.88 bits per heavy atom. The number of esters is 1. The number of phenolic OH excluding ortho intramolecular Hbond substituents is 1. The van der Waals surface area contributed by atoms with Crippen molar-refractivity contribution < 1.29 is 34.8 Å². The predicted molar refractivity (Wildman–Crippen MR) is 54.1 cm³/mol. The average Bonchev–Trinajstić information content (AvgIpc) is 2.28. The Balaban J connectivity index is 3.20. The third-order valence-corrected chi connectivity index (χ3v) is 1.91. The van der Waals surface area contributed by atoms with Crippen molar-refractivity contribution in [2.75, 3.05) is 13.2 Å². The molecule has 0 bridgehead atoms. The van der Waals surface area contributed by atoms with Crippen LogP contribution in [0.25, 0.3) is 0 Å². The monoisotopic (exact) mass is 242 g/mol. The number of carboxylic acids is 1. The molecule has 0 fully saturated rings. The Hall–Kier alpha value is -2.28. The van der Waals surface area contributed by atoms with Crippen LogP contribution in [-0.2, 0) is 4.74 Å². The highest BCUT2D eigenvalue weighted by atomic mass is 16.5. The summed E-state index contributed by atoms with van der Waals surface area (Å²) in [4.78, 5) is 22.2. The molecule has 0 aliphatic heterocycles. The highest BCUT2D eigenvalue weighted by Crippen LogP contribution is 2.31. The zero-order chi connectivity index (χ0) is 13.0. The minimum atomic E-state index is -1.57. The van der Waals surface area contributed by atoms with E-state index in [1.165, 1.54) is 0 Å². The summed E-state index contributed by atoms with van der Waals surface area (Å²) in [5.74, 6) is -4.14. The van der Waals surface area contributed by atoms with E-state index in [4.69, 9.17) is 15.3 Å². The molecule has 0 saturated heterocycles. The summed E-state index contributed by atoms with van der Waals surface area (Å²) in [6.07, 6.45) is 0. The standard InChI is InChI=1S/C10H10O7/c11-3-4-17-10(16)5-1-2-6(12)8(13)7(5)9(14)15/h1-2,11-13H,3-4H2,(H,14,15). The van der Waals surface area contributed by atoms with Crippen LogP contribution in [0.5, 0.6) is 11.5 Å². The zero-order valence-electron chi connectivity index (χ0n) is 8.58. The number of hydrogen-bond acceptors (Lipinski definition) is 6. The number of carboxylic acid groups (broad SMARTS) is 1. The maximum atomic E-state index is 11.4. The number of aromatic hydroxyl groups is 2. The van der Waals surface area contributed by atoms with Crippen molar-refractivity contribution in [3.05, 3.63) is 23.3 Å². The largest absolute Gasteiger partial charge is 0.504 e. The van der Waals surface area contributed by atoms with Crippen molar-refractivity contribution >= 4 is 11.9 Å². The second-order valence-electron chi connectivity index (χ2n) is 3.02. The molecule has 17 heavy (non-hydrogen) atoms. The lowest BCUT2D eigenvalue weighted by Gasteiger charge is -2.08. The highest BCUT2D eigenvalue weighted by Gasteiger charge is 2.23. The molecule has 0 aliphatic carbocycles. The summed E-state index contributed by atoms with van der Waals surface area (Å²) in [5.41, 5.74) is -1.14. The molecule has 0 aromatic heterocycles. The quantitative estimate of drug-likeness (QED) is 0.430. The van der Waals surface area contributed by atoms with E-state index >= 15 is 0 Å². The maximum absolute atomic E-state index is 11.4. The van der Waals surface area contributed by atoms with Crippen molar-refractivity contribution in [3.63, 3.8) is 0 Å². The fourth-order valence-electron chi connectivity index (χ4n) is 1.18. The van der Waals surface area contributed by atoms with E-state index in [9.17, 15) is 14.7 Å². The first-order valence-corrected chi connectivity index (χ1v) is 4.55. The third kappa shape index (κ3) is 2.64. The van der Waals surface area contributed by atoms with Gasteiger partial charge in [0, 0.05) is 0 Å². The molecule has 4 N–H and O–H groups in total. The molecule has 0 heterocycles. The lowest BCUT2D eigenvalue weighted by molar-refractivity contribution is 0.0425. The summed E-state index contributed by atoms with van der Waals surface area (Å²) >= 11 is 0. The molecule has 92 valence electrons. The van der Waals surface area contributed by atoms with E-state index < -0.39 is 41.2 Å². The van der Waals surface area contributed by atoms with Crippen LogP contribution in [0.4, 0.5) is 0 Å². The van der Waals surface area contributed by atoms with E-state index in [0.717, 1.165) is 12.1 Å². The topological polar surface area (TPSA) is 124 Å². The number of aliphatic hydroxyl groups is 1. The molecule has 0 atom stereocenters. The smallest absolute Gasteiger partial charge is 0.340 e. The minimum Gasteiger partial charge on any atom is -0.504 e. The summed E-state index contributed by atoms with van der Waals surface area (Å²) in [6.45, 7) is -0.697. The van der Waals surface area contributed by atoms with Gasteiger partial charge in [0.1, 0.15) is 12.2 Å². The molecule has 0 spiro atoms. The Bertz CT molecular complexity index is 452. The van der Waals surface area contributed by atoms with Gasteiger partial charge in [0.2, 0.25) is 0 Å². The van der Waals surface area contributed by atoms with Crippen LogP contribution < -0.4 is 0 Å². The Labute approximate surface area is 95.5 Å². The van der Waals surface area contributed by atoms with E-state index in [-0.39, 0.29) is 6.61 Å². The van der Waals surface area contributed by atoms with Gasteiger partial charge in [-0.05, 0) is 12.1 Å². The van der Waals surface area contributed by atoms with Crippen LogP contribution >= 0.6 is 0 Å². The van der Waals surface area contributed by atoms with Crippen molar-refractivity contribution in [2.45, 2.75) is 0 Å². The molecule has 7 heteroatoms. The summed E-state index contributed by atoms with van der Waals surface area (Å²) in [6, 6.07) is 1.98. The number of phenols is 2. The van der Waals surface area contributed by atoms with Gasteiger partial charge in [-0.2, -0.15) is 0 Å². The first-order valence-electron chi connectivity index (χ1n) is 4.55. The minimum absolute atomic E-state index is 0.292. The van der Waals surface area contributed by atoms with Crippen LogP contribution in [0.2, 0.25) is 0 Å². The van der Waals surface area contributed by atoms with Gasteiger partial charge in [-0.3, -0.25) is 0 Å². The Morgan fingerprint density at radius 1 is 1.24 bits per heavy atom. The number of hydrogen-bond donors (Lipinski definition) is 4. The van der Waals surface area contributed by atoms with E-state index in [1.54, 1.807) is 0 Å². The maximum Gasteiger partial charge on any atom is 0.340 e. The molecular weight excluding hydrogens is 232 g/mol.